The number of nitrogens with zero attached hydrogens (tertiary/aromatic N) is 1. The van der Waals surface area contributed by atoms with Gasteiger partial charge < -0.3 is 9.15 Å². The molecule has 0 saturated carbocycles. The van der Waals surface area contributed by atoms with Crippen molar-refractivity contribution in [1.29, 1.82) is 0 Å². The predicted octanol–water partition coefficient (Wildman–Crippen LogP) is 1.82. The molecule has 0 radical (unpaired) electrons. The Morgan fingerprint density at radius 1 is 1.30 bits per heavy atom. The third-order valence-electron chi connectivity index (χ3n) is 3.89. The molecule has 6 nitrogen and oxygen atoms in total. The van der Waals surface area contributed by atoms with Crippen LogP contribution < -0.4 is 4.72 Å². The van der Waals surface area contributed by atoms with Crippen LogP contribution >= 0.6 is 0 Å². The molecule has 0 unspecified atom stereocenters. The fraction of sp³-hybridized carbons (Fsp3) is 0.500. The van der Waals surface area contributed by atoms with Crippen molar-refractivity contribution < 1.29 is 17.6 Å². The van der Waals surface area contributed by atoms with Crippen molar-refractivity contribution in [3.63, 3.8) is 0 Å². The average Bonchev–Trinajstić information content (AvgIpc) is 2.91. The maximum atomic E-state index is 12.3. The third kappa shape index (κ3) is 3.92. The van der Waals surface area contributed by atoms with E-state index < -0.39 is 10.0 Å². The standard InChI is InChI=1S/C16H22N2O4S/c1-16(2)12-18(9-10-21-16)8-7-17-23(19,20)15-11-13-5-3-4-6-14(13)22-15/h3-6,11,17H,7-10,12H2,1-2H3. The van der Waals surface area contributed by atoms with Crippen LogP contribution in [0.2, 0.25) is 0 Å². The first kappa shape index (κ1) is 16.4. The quantitative estimate of drug-likeness (QED) is 0.900. The van der Waals surface area contributed by atoms with Crippen LogP contribution in [0.4, 0.5) is 0 Å². The molecule has 23 heavy (non-hydrogen) atoms. The van der Waals surface area contributed by atoms with E-state index in [1.807, 2.05) is 32.0 Å². The van der Waals surface area contributed by atoms with Gasteiger partial charge in [-0.1, -0.05) is 18.2 Å². The summed E-state index contributed by atoms with van der Waals surface area (Å²) in [7, 11) is -3.63. The molecule has 0 bridgehead atoms. The fourth-order valence-corrected chi connectivity index (χ4v) is 3.79. The maximum absolute atomic E-state index is 12.3. The molecule has 1 aromatic carbocycles. The second-order valence-electron chi connectivity index (χ2n) is 6.39. The molecule has 0 aliphatic carbocycles. The van der Waals surface area contributed by atoms with Crippen molar-refractivity contribution in [2.45, 2.75) is 24.5 Å². The van der Waals surface area contributed by atoms with E-state index in [4.69, 9.17) is 9.15 Å². The third-order valence-corrected chi connectivity index (χ3v) is 5.21. The van der Waals surface area contributed by atoms with Gasteiger partial charge in [0.05, 0.1) is 12.2 Å². The van der Waals surface area contributed by atoms with Gasteiger partial charge in [0.1, 0.15) is 5.58 Å². The van der Waals surface area contributed by atoms with Gasteiger partial charge in [0.25, 0.3) is 10.0 Å². The maximum Gasteiger partial charge on any atom is 0.274 e. The van der Waals surface area contributed by atoms with Crippen LogP contribution in [-0.4, -0.2) is 51.7 Å². The van der Waals surface area contributed by atoms with Crippen LogP contribution in [-0.2, 0) is 14.8 Å². The lowest BCUT2D eigenvalue weighted by Gasteiger charge is -2.38. The van der Waals surface area contributed by atoms with Crippen LogP contribution in [0.5, 0.6) is 0 Å². The van der Waals surface area contributed by atoms with E-state index in [0.717, 1.165) is 18.5 Å². The lowest BCUT2D eigenvalue weighted by molar-refractivity contribution is -0.0851. The minimum atomic E-state index is -3.63. The van der Waals surface area contributed by atoms with Crippen LogP contribution in [0, 0.1) is 0 Å². The average molecular weight is 338 g/mol. The molecule has 1 fully saturated rings. The Balaban J connectivity index is 1.60. The molecule has 0 amide bonds. The van der Waals surface area contributed by atoms with Gasteiger partial charge in [0.15, 0.2) is 0 Å². The Morgan fingerprint density at radius 2 is 2.09 bits per heavy atom. The molecule has 1 saturated heterocycles. The van der Waals surface area contributed by atoms with Crippen molar-refractivity contribution in [2.24, 2.45) is 0 Å². The summed E-state index contributed by atoms with van der Waals surface area (Å²) in [5.41, 5.74) is 0.387. The van der Waals surface area contributed by atoms with E-state index in [0.29, 0.717) is 25.3 Å². The molecular weight excluding hydrogens is 316 g/mol. The minimum absolute atomic E-state index is 0.0407. The van der Waals surface area contributed by atoms with Gasteiger partial charge in [-0.2, -0.15) is 0 Å². The van der Waals surface area contributed by atoms with Gasteiger partial charge in [0, 0.05) is 37.6 Å². The molecule has 3 rings (SSSR count). The van der Waals surface area contributed by atoms with Crippen LogP contribution in [0.1, 0.15) is 13.8 Å². The summed E-state index contributed by atoms with van der Waals surface area (Å²) in [5, 5.41) is 0.740. The minimum Gasteiger partial charge on any atom is -0.443 e. The highest BCUT2D eigenvalue weighted by atomic mass is 32.2. The Bertz CT molecular complexity index is 749. The first-order chi connectivity index (χ1) is 10.9. The topological polar surface area (TPSA) is 71.8 Å². The van der Waals surface area contributed by atoms with Crippen LogP contribution in [0.15, 0.2) is 39.8 Å². The zero-order valence-electron chi connectivity index (χ0n) is 13.4. The number of ether oxygens (including phenoxy) is 1. The molecule has 0 spiro atoms. The molecule has 2 aromatic rings. The number of rotatable bonds is 5. The normalized spacial score (nSPS) is 19.2. The number of para-hydroxylation sites is 1. The number of hydrogen-bond donors (Lipinski definition) is 1. The summed E-state index contributed by atoms with van der Waals surface area (Å²) in [5.74, 6) is 0. The summed E-state index contributed by atoms with van der Waals surface area (Å²) < 4.78 is 38.3. The molecule has 1 aromatic heterocycles. The summed E-state index contributed by atoms with van der Waals surface area (Å²) in [6.07, 6.45) is 0. The van der Waals surface area contributed by atoms with E-state index in [2.05, 4.69) is 9.62 Å². The van der Waals surface area contributed by atoms with E-state index in [9.17, 15) is 8.42 Å². The van der Waals surface area contributed by atoms with Gasteiger partial charge in [-0.3, -0.25) is 4.90 Å². The number of hydrogen-bond acceptors (Lipinski definition) is 5. The molecule has 7 heteroatoms. The van der Waals surface area contributed by atoms with E-state index in [1.54, 1.807) is 12.1 Å². The van der Waals surface area contributed by atoms with E-state index >= 15 is 0 Å². The van der Waals surface area contributed by atoms with Crippen LogP contribution in [0.3, 0.4) is 0 Å². The first-order valence-corrected chi connectivity index (χ1v) is 9.19. The summed E-state index contributed by atoms with van der Waals surface area (Å²) in [6.45, 7) is 7.34. The Hall–Kier alpha value is -1.41. The van der Waals surface area contributed by atoms with E-state index in [-0.39, 0.29) is 10.7 Å². The second-order valence-corrected chi connectivity index (χ2v) is 8.08. The van der Waals surface area contributed by atoms with E-state index in [1.165, 1.54) is 0 Å². The SMILES string of the molecule is CC1(C)CN(CCNS(=O)(=O)c2cc3ccccc3o2)CCO1. The van der Waals surface area contributed by atoms with Gasteiger partial charge >= 0.3 is 0 Å². The fourth-order valence-electron chi connectivity index (χ4n) is 2.80. The highest BCUT2D eigenvalue weighted by molar-refractivity contribution is 7.89. The highest BCUT2D eigenvalue weighted by Crippen LogP contribution is 2.22. The Labute approximate surface area is 136 Å². The molecule has 1 aliphatic rings. The largest absolute Gasteiger partial charge is 0.443 e. The monoisotopic (exact) mass is 338 g/mol. The zero-order chi connectivity index (χ0) is 16.5. The lowest BCUT2D eigenvalue weighted by Crippen LogP contribution is -2.50. The number of nitrogens with one attached hydrogen (secondary N) is 1. The Morgan fingerprint density at radius 3 is 2.83 bits per heavy atom. The number of sulfonamides is 1. The van der Waals surface area contributed by atoms with Crippen molar-refractivity contribution in [1.82, 2.24) is 9.62 Å². The highest BCUT2D eigenvalue weighted by Gasteiger charge is 2.27. The number of benzene rings is 1. The van der Waals surface area contributed by atoms with Gasteiger partial charge in [-0.25, -0.2) is 13.1 Å². The number of furan rings is 1. The smallest absolute Gasteiger partial charge is 0.274 e. The predicted molar refractivity (Wildman–Crippen MR) is 87.9 cm³/mol. The Kier molecular flexibility index (Phi) is 4.46. The molecule has 0 atom stereocenters. The summed E-state index contributed by atoms with van der Waals surface area (Å²) >= 11 is 0. The van der Waals surface area contributed by atoms with Gasteiger partial charge in [-0.15, -0.1) is 0 Å². The van der Waals surface area contributed by atoms with Gasteiger partial charge in [0.2, 0.25) is 5.09 Å². The van der Waals surface area contributed by atoms with Crippen molar-refractivity contribution in [3.8, 4) is 0 Å². The zero-order valence-corrected chi connectivity index (χ0v) is 14.2. The van der Waals surface area contributed by atoms with Crippen molar-refractivity contribution in [2.75, 3.05) is 32.8 Å². The molecule has 126 valence electrons. The number of morpholine rings is 1. The number of fused-ring (bicyclic) bond motifs is 1. The summed E-state index contributed by atoms with van der Waals surface area (Å²) in [6, 6.07) is 8.80. The molecular formula is C16H22N2O4S. The first-order valence-electron chi connectivity index (χ1n) is 7.70. The molecule has 1 N–H and O–H groups in total. The second kappa shape index (κ2) is 6.24. The molecule has 1 aliphatic heterocycles. The van der Waals surface area contributed by atoms with Crippen molar-refractivity contribution in [3.05, 3.63) is 30.3 Å². The summed E-state index contributed by atoms with van der Waals surface area (Å²) in [4.78, 5) is 2.20. The lowest BCUT2D eigenvalue weighted by atomic mass is 10.1. The van der Waals surface area contributed by atoms with Crippen LogP contribution in [0.25, 0.3) is 11.0 Å². The van der Waals surface area contributed by atoms with Gasteiger partial charge in [-0.05, 0) is 19.9 Å². The van der Waals surface area contributed by atoms with Crippen molar-refractivity contribution >= 4 is 21.0 Å². The molecule has 2 heterocycles.